The molecule has 0 bridgehead atoms. The summed E-state index contributed by atoms with van der Waals surface area (Å²) < 4.78 is 10.6. The lowest BCUT2D eigenvalue weighted by atomic mass is 10.1. The molecule has 0 aliphatic rings. The molecule has 2 rings (SSSR count). The fraction of sp³-hybridized carbons (Fsp3) is 0.231. The van der Waals surface area contributed by atoms with E-state index in [9.17, 15) is 14.9 Å². The Balaban J connectivity index is 2.63. The summed E-state index contributed by atoms with van der Waals surface area (Å²) in [4.78, 5) is 25.3. The molecule has 1 N–H and O–H groups in total. The first-order chi connectivity index (χ1) is 9.95. The summed E-state index contributed by atoms with van der Waals surface area (Å²) in [5.74, 6) is -1.14. The van der Waals surface area contributed by atoms with Gasteiger partial charge in [-0.15, -0.1) is 0 Å². The van der Waals surface area contributed by atoms with Crippen LogP contribution in [0.15, 0.2) is 22.6 Å². The monoisotopic (exact) mass is 292 g/mol. The summed E-state index contributed by atoms with van der Waals surface area (Å²) in [6, 6.07) is 4.27. The zero-order valence-electron chi connectivity index (χ0n) is 11.3. The highest BCUT2D eigenvalue weighted by molar-refractivity contribution is 5.87. The first-order valence-electron chi connectivity index (χ1n) is 6.07. The van der Waals surface area contributed by atoms with Gasteiger partial charge in [0.15, 0.2) is 5.69 Å². The number of ether oxygens (including phenoxy) is 1. The second-order valence-corrected chi connectivity index (χ2v) is 4.07. The molecule has 1 aromatic heterocycles. The molecule has 21 heavy (non-hydrogen) atoms. The molecule has 0 amide bonds. The number of aromatic nitrogens is 1. The van der Waals surface area contributed by atoms with E-state index < -0.39 is 10.9 Å². The van der Waals surface area contributed by atoms with E-state index in [1.54, 1.807) is 6.92 Å². The number of aromatic carboxylic acids is 1. The number of hydrogen-bond donors (Lipinski definition) is 1. The minimum absolute atomic E-state index is 0.00295. The molecule has 1 aromatic carbocycles. The number of carboxylic acid groups (broad SMARTS) is 1. The first-order valence-corrected chi connectivity index (χ1v) is 6.07. The number of nitro benzene ring substituents is 1. The summed E-state index contributed by atoms with van der Waals surface area (Å²) in [5.41, 5.74) is -0.234. The van der Waals surface area contributed by atoms with Gasteiger partial charge in [-0.3, -0.25) is 10.1 Å². The highest BCUT2D eigenvalue weighted by Gasteiger charge is 2.25. The van der Waals surface area contributed by atoms with Crippen LogP contribution in [-0.2, 0) is 0 Å². The van der Waals surface area contributed by atoms with Gasteiger partial charge in [-0.2, -0.15) is 0 Å². The molecule has 0 aliphatic heterocycles. The minimum atomic E-state index is -1.23. The van der Waals surface area contributed by atoms with Crippen LogP contribution < -0.4 is 4.74 Å². The first kappa shape index (κ1) is 14.5. The number of nitrogens with zero attached hydrogens (tertiary/aromatic N) is 2. The van der Waals surface area contributed by atoms with Crippen LogP contribution in [0.4, 0.5) is 5.69 Å². The van der Waals surface area contributed by atoms with Crippen molar-refractivity contribution in [2.75, 3.05) is 6.61 Å². The molecular formula is C13H12N2O6. The van der Waals surface area contributed by atoms with Crippen LogP contribution in [0.5, 0.6) is 5.75 Å². The second kappa shape index (κ2) is 5.61. The normalized spacial score (nSPS) is 10.4. The molecule has 0 saturated carbocycles. The summed E-state index contributed by atoms with van der Waals surface area (Å²) in [5, 5.41) is 20.0. The van der Waals surface area contributed by atoms with Gasteiger partial charge >= 0.3 is 11.7 Å². The van der Waals surface area contributed by atoms with E-state index >= 15 is 0 Å². The van der Waals surface area contributed by atoms with Gasteiger partial charge in [-0.1, -0.05) is 6.07 Å². The topological polar surface area (TPSA) is 116 Å². The van der Waals surface area contributed by atoms with Crippen molar-refractivity contribution in [3.8, 4) is 17.2 Å². The number of oxazole rings is 1. The zero-order valence-corrected chi connectivity index (χ0v) is 11.3. The number of rotatable bonds is 5. The minimum Gasteiger partial charge on any atom is -0.487 e. The predicted octanol–water partition coefficient (Wildman–Crippen LogP) is 2.66. The SMILES string of the molecule is CCOc1c(-c2nc(C(=O)O)c(C)o2)cccc1[N+](=O)[O-]. The Bertz CT molecular complexity index is 707. The van der Waals surface area contributed by atoms with Crippen LogP contribution in [0.3, 0.4) is 0 Å². The number of carbonyl (C=O) groups is 1. The number of hydrogen-bond acceptors (Lipinski definition) is 6. The highest BCUT2D eigenvalue weighted by atomic mass is 16.6. The Morgan fingerprint density at radius 1 is 1.52 bits per heavy atom. The lowest BCUT2D eigenvalue weighted by Crippen LogP contribution is -2.00. The fourth-order valence-electron chi connectivity index (χ4n) is 1.84. The summed E-state index contributed by atoms with van der Waals surface area (Å²) in [6.07, 6.45) is 0. The average molecular weight is 292 g/mol. The maximum atomic E-state index is 11.0. The van der Waals surface area contributed by atoms with Crippen molar-refractivity contribution >= 4 is 11.7 Å². The maximum absolute atomic E-state index is 11.0. The largest absolute Gasteiger partial charge is 0.487 e. The third-order valence-corrected chi connectivity index (χ3v) is 2.71. The number of aryl methyl sites for hydroxylation is 1. The van der Waals surface area contributed by atoms with Gasteiger partial charge in [-0.25, -0.2) is 9.78 Å². The van der Waals surface area contributed by atoms with Gasteiger partial charge in [0, 0.05) is 6.07 Å². The lowest BCUT2D eigenvalue weighted by molar-refractivity contribution is -0.385. The second-order valence-electron chi connectivity index (χ2n) is 4.07. The molecule has 1 heterocycles. The quantitative estimate of drug-likeness (QED) is 0.665. The van der Waals surface area contributed by atoms with Gasteiger partial charge in [0.1, 0.15) is 5.76 Å². The van der Waals surface area contributed by atoms with Gasteiger partial charge in [0.25, 0.3) is 0 Å². The molecule has 0 atom stereocenters. The van der Waals surface area contributed by atoms with E-state index in [1.165, 1.54) is 25.1 Å². The Morgan fingerprint density at radius 3 is 2.76 bits per heavy atom. The van der Waals surface area contributed by atoms with Gasteiger partial charge in [0.05, 0.1) is 17.1 Å². The molecule has 8 nitrogen and oxygen atoms in total. The molecule has 0 fully saturated rings. The van der Waals surface area contributed by atoms with Crippen molar-refractivity contribution in [1.29, 1.82) is 0 Å². The van der Waals surface area contributed by atoms with Crippen molar-refractivity contribution in [3.05, 3.63) is 39.8 Å². The molecule has 0 aliphatic carbocycles. The summed E-state index contributed by atoms with van der Waals surface area (Å²) in [7, 11) is 0. The third-order valence-electron chi connectivity index (χ3n) is 2.71. The number of para-hydroxylation sites is 1. The number of nitro groups is 1. The van der Waals surface area contributed by atoms with E-state index in [0.717, 1.165) is 0 Å². The molecule has 0 radical (unpaired) electrons. The van der Waals surface area contributed by atoms with Crippen LogP contribution in [0.25, 0.3) is 11.5 Å². The van der Waals surface area contributed by atoms with Crippen molar-refractivity contribution in [1.82, 2.24) is 4.98 Å². The summed E-state index contributed by atoms with van der Waals surface area (Å²) in [6.45, 7) is 3.35. The van der Waals surface area contributed by atoms with Gasteiger partial charge in [-0.05, 0) is 19.9 Å². The third kappa shape index (κ3) is 2.69. The van der Waals surface area contributed by atoms with E-state index in [-0.39, 0.29) is 41.0 Å². The smallest absolute Gasteiger partial charge is 0.358 e. The molecule has 0 spiro atoms. The van der Waals surface area contributed by atoms with Gasteiger partial charge in [0.2, 0.25) is 11.6 Å². The Kier molecular flexibility index (Phi) is 3.88. The fourth-order valence-corrected chi connectivity index (χ4v) is 1.84. The summed E-state index contributed by atoms with van der Waals surface area (Å²) >= 11 is 0. The average Bonchev–Trinajstić information content (AvgIpc) is 2.81. The Morgan fingerprint density at radius 2 is 2.24 bits per heavy atom. The van der Waals surface area contributed by atoms with E-state index in [0.29, 0.717) is 0 Å². The van der Waals surface area contributed by atoms with Crippen LogP contribution >= 0.6 is 0 Å². The van der Waals surface area contributed by atoms with Crippen LogP contribution in [-0.4, -0.2) is 27.6 Å². The maximum Gasteiger partial charge on any atom is 0.358 e. The molecule has 2 aromatic rings. The zero-order chi connectivity index (χ0) is 15.6. The molecule has 0 saturated heterocycles. The van der Waals surface area contributed by atoms with Crippen molar-refractivity contribution in [2.45, 2.75) is 13.8 Å². The molecular weight excluding hydrogens is 280 g/mol. The van der Waals surface area contributed by atoms with Crippen molar-refractivity contribution < 1.29 is 24.0 Å². The van der Waals surface area contributed by atoms with E-state index in [4.69, 9.17) is 14.3 Å². The van der Waals surface area contributed by atoms with Crippen LogP contribution in [0, 0.1) is 17.0 Å². The Hall–Kier alpha value is -2.90. The van der Waals surface area contributed by atoms with E-state index in [2.05, 4.69) is 4.98 Å². The molecule has 8 heteroatoms. The number of benzene rings is 1. The van der Waals surface area contributed by atoms with Crippen molar-refractivity contribution in [3.63, 3.8) is 0 Å². The van der Waals surface area contributed by atoms with Crippen LogP contribution in [0.2, 0.25) is 0 Å². The lowest BCUT2D eigenvalue weighted by Gasteiger charge is -2.07. The predicted molar refractivity (Wildman–Crippen MR) is 71.5 cm³/mol. The van der Waals surface area contributed by atoms with Gasteiger partial charge < -0.3 is 14.3 Å². The highest BCUT2D eigenvalue weighted by Crippen LogP contribution is 2.38. The van der Waals surface area contributed by atoms with Crippen molar-refractivity contribution in [2.24, 2.45) is 0 Å². The molecule has 110 valence electrons. The van der Waals surface area contributed by atoms with Crippen LogP contribution in [0.1, 0.15) is 23.2 Å². The Labute approximate surface area is 119 Å². The number of carboxylic acids is 1. The molecule has 0 unspecified atom stereocenters. The standard InChI is InChI=1S/C13H12N2O6/c1-3-20-11-8(5-4-6-9(11)15(18)19)12-14-10(13(16)17)7(2)21-12/h4-6H,3H2,1-2H3,(H,16,17). The van der Waals surface area contributed by atoms with E-state index in [1.807, 2.05) is 0 Å².